The van der Waals surface area contributed by atoms with Gasteiger partial charge in [0.25, 0.3) is 0 Å². The average Bonchev–Trinajstić information content (AvgIpc) is 2.38. The Hall–Kier alpha value is -1.32. The van der Waals surface area contributed by atoms with Gasteiger partial charge < -0.3 is 4.84 Å². The second kappa shape index (κ2) is 3.00. The molecule has 54 valence electrons. The van der Waals surface area contributed by atoms with Gasteiger partial charge in [-0.15, -0.1) is 0 Å². The zero-order valence-electron chi connectivity index (χ0n) is 5.96. The molecule has 0 unspecified atom stereocenters. The number of hydrogen-bond donors (Lipinski definition) is 1. The first-order valence-corrected chi connectivity index (χ1v) is 2.91. The van der Waals surface area contributed by atoms with E-state index in [1.165, 1.54) is 7.11 Å². The minimum atomic E-state index is 0.816. The predicted molar refractivity (Wildman–Crippen MR) is 37.8 cm³/mol. The molecule has 0 aliphatic heterocycles. The van der Waals surface area contributed by atoms with Crippen molar-refractivity contribution in [1.29, 1.82) is 0 Å². The molecule has 0 atom stereocenters. The fraction of sp³-hybridized carbons (Fsp3) is 0.333. The fourth-order valence-electron chi connectivity index (χ4n) is 0.638. The largest absolute Gasteiger partial charge is 0.399 e. The SMILES string of the molecule is CO/N=C(\C)c1cn[nH]c1. The number of nitrogens with one attached hydrogen (secondary N) is 1. The van der Waals surface area contributed by atoms with E-state index in [-0.39, 0.29) is 0 Å². The first-order valence-electron chi connectivity index (χ1n) is 2.91. The van der Waals surface area contributed by atoms with Crippen LogP contribution in [0.25, 0.3) is 0 Å². The van der Waals surface area contributed by atoms with E-state index in [4.69, 9.17) is 0 Å². The Bertz CT molecular complexity index is 215. The zero-order chi connectivity index (χ0) is 7.40. The van der Waals surface area contributed by atoms with Crippen LogP contribution in [0.5, 0.6) is 0 Å². The predicted octanol–water partition coefficient (Wildman–Crippen LogP) is 0.780. The Morgan fingerprint density at radius 3 is 3.10 bits per heavy atom. The van der Waals surface area contributed by atoms with Crippen molar-refractivity contribution in [2.45, 2.75) is 6.92 Å². The first kappa shape index (κ1) is 6.80. The normalized spacial score (nSPS) is 11.6. The van der Waals surface area contributed by atoms with Crippen molar-refractivity contribution in [3.8, 4) is 0 Å². The molecule has 0 aromatic carbocycles. The highest BCUT2D eigenvalue weighted by molar-refractivity contribution is 5.97. The van der Waals surface area contributed by atoms with Gasteiger partial charge in [0, 0.05) is 11.8 Å². The number of aromatic nitrogens is 2. The highest BCUT2D eigenvalue weighted by Crippen LogP contribution is 1.95. The molecule has 0 radical (unpaired) electrons. The summed E-state index contributed by atoms with van der Waals surface area (Å²) < 4.78 is 0. The molecule has 1 aromatic rings. The van der Waals surface area contributed by atoms with Gasteiger partial charge in [-0.25, -0.2) is 0 Å². The molecule has 10 heavy (non-hydrogen) atoms. The quantitative estimate of drug-likeness (QED) is 0.486. The highest BCUT2D eigenvalue weighted by atomic mass is 16.6. The third-order valence-corrected chi connectivity index (χ3v) is 1.14. The molecule has 1 heterocycles. The van der Waals surface area contributed by atoms with Crippen LogP contribution in [0.4, 0.5) is 0 Å². The molecule has 0 aliphatic rings. The van der Waals surface area contributed by atoms with Gasteiger partial charge in [-0.05, 0) is 6.92 Å². The summed E-state index contributed by atoms with van der Waals surface area (Å²) in [4.78, 5) is 4.57. The molecule has 0 bridgehead atoms. The molecule has 4 nitrogen and oxygen atoms in total. The molecule has 0 spiro atoms. The van der Waals surface area contributed by atoms with E-state index in [0.29, 0.717) is 0 Å². The number of nitrogens with zero attached hydrogens (tertiary/aromatic N) is 2. The summed E-state index contributed by atoms with van der Waals surface area (Å²) in [5, 5.41) is 10.2. The molecule has 0 fully saturated rings. The Kier molecular flexibility index (Phi) is 2.04. The lowest BCUT2D eigenvalue weighted by Crippen LogP contribution is -1.91. The summed E-state index contributed by atoms with van der Waals surface area (Å²) in [7, 11) is 1.52. The van der Waals surface area contributed by atoms with E-state index in [2.05, 4.69) is 20.2 Å². The van der Waals surface area contributed by atoms with Gasteiger partial charge in [0.05, 0.1) is 11.9 Å². The lowest BCUT2D eigenvalue weighted by Gasteiger charge is -1.91. The summed E-state index contributed by atoms with van der Waals surface area (Å²) >= 11 is 0. The minimum Gasteiger partial charge on any atom is -0.399 e. The standard InChI is InChI=1S/C6H9N3O/c1-5(9-10-2)6-3-7-8-4-6/h3-4H,1-2H3,(H,7,8)/b9-5+. The summed E-state index contributed by atoms with van der Waals surface area (Å²) in [6.45, 7) is 1.86. The Morgan fingerprint density at radius 2 is 2.60 bits per heavy atom. The second-order valence-electron chi connectivity index (χ2n) is 1.85. The number of aromatic amines is 1. The fourth-order valence-corrected chi connectivity index (χ4v) is 0.638. The van der Waals surface area contributed by atoms with Crippen molar-refractivity contribution in [1.82, 2.24) is 10.2 Å². The van der Waals surface area contributed by atoms with Gasteiger partial charge in [0.1, 0.15) is 7.11 Å². The number of rotatable bonds is 2. The summed E-state index contributed by atoms with van der Waals surface area (Å²) in [5.41, 5.74) is 1.76. The molecular weight excluding hydrogens is 130 g/mol. The van der Waals surface area contributed by atoms with Crippen molar-refractivity contribution < 1.29 is 4.84 Å². The summed E-state index contributed by atoms with van der Waals surface area (Å²) in [6.07, 6.45) is 3.45. The zero-order valence-corrected chi connectivity index (χ0v) is 5.96. The summed E-state index contributed by atoms with van der Waals surface area (Å²) in [6, 6.07) is 0. The molecule has 4 heteroatoms. The molecule has 0 amide bonds. The van der Waals surface area contributed by atoms with E-state index in [1.54, 1.807) is 12.4 Å². The van der Waals surface area contributed by atoms with Gasteiger partial charge in [0.15, 0.2) is 0 Å². The van der Waals surface area contributed by atoms with Crippen molar-refractivity contribution in [3.05, 3.63) is 18.0 Å². The Morgan fingerprint density at radius 1 is 1.80 bits per heavy atom. The van der Waals surface area contributed by atoms with Crippen LogP contribution in [0.3, 0.4) is 0 Å². The van der Waals surface area contributed by atoms with Gasteiger partial charge in [0.2, 0.25) is 0 Å². The number of oxime groups is 1. The Labute approximate surface area is 58.9 Å². The van der Waals surface area contributed by atoms with Crippen LogP contribution in [0.2, 0.25) is 0 Å². The maximum Gasteiger partial charge on any atom is 0.106 e. The minimum absolute atomic E-state index is 0.816. The second-order valence-corrected chi connectivity index (χ2v) is 1.85. The van der Waals surface area contributed by atoms with E-state index in [0.717, 1.165) is 11.3 Å². The van der Waals surface area contributed by atoms with E-state index in [9.17, 15) is 0 Å². The molecule has 0 saturated carbocycles. The molecule has 1 N–H and O–H groups in total. The van der Waals surface area contributed by atoms with Gasteiger partial charge in [-0.1, -0.05) is 5.16 Å². The van der Waals surface area contributed by atoms with Crippen LogP contribution < -0.4 is 0 Å². The van der Waals surface area contributed by atoms with E-state index >= 15 is 0 Å². The van der Waals surface area contributed by atoms with Gasteiger partial charge in [-0.2, -0.15) is 5.10 Å². The van der Waals surface area contributed by atoms with E-state index in [1.807, 2.05) is 6.92 Å². The van der Waals surface area contributed by atoms with Crippen LogP contribution in [-0.2, 0) is 4.84 Å². The van der Waals surface area contributed by atoms with Crippen LogP contribution in [0, 0.1) is 0 Å². The highest BCUT2D eigenvalue weighted by Gasteiger charge is 1.96. The lowest BCUT2D eigenvalue weighted by atomic mass is 10.2. The number of hydrogen-bond acceptors (Lipinski definition) is 3. The van der Waals surface area contributed by atoms with Gasteiger partial charge >= 0.3 is 0 Å². The first-order chi connectivity index (χ1) is 4.84. The average molecular weight is 139 g/mol. The lowest BCUT2D eigenvalue weighted by molar-refractivity contribution is 0.213. The smallest absolute Gasteiger partial charge is 0.106 e. The van der Waals surface area contributed by atoms with E-state index < -0.39 is 0 Å². The molecular formula is C6H9N3O. The monoisotopic (exact) mass is 139 g/mol. The van der Waals surface area contributed by atoms with Crippen LogP contribution in [0.15, 0.2) is 17.5 Å². The summed E-state index contributed by atoms with van der Waals surface area (Å²) in [5.74, 6) is 0. The topological polar surface area (TPSA) is 50.3 Å². The van der Waals surface area contributed by atoms with Crippen LogP contribution in [-0.4, -0.2) is 23.0 Å². The third kappa shape index (κ3) is 1.34. The molecule has 1 aromatic heterocycles. The van der Waals surface area contributed by atoms with Crippen LogP contribution >= 0.6 is 0 Å². The Balaban J connectivity index is 2.77. The molecule has 0 aliphatic carbocycles. The number of H-pyrrole nitrogens is 1. The molecule has 1 rings (SSSR count). The molecule has 0 saturated heterocycles. The van der Waals surface area contributed by atoms with Crippen molar-refractivity contribution in [2.75, 3.05) is 7.11 Å². The maximum absolute atomic E-state index is 4.57. The van der Waals surface area contributed by atoms with Gasteiger partial charge in [-0.3, -0.25) is 5.10 Å². The van der Waals surface area contributed by atoms with Crippen molar-refractivity contribution in [2.24, 2.45) is 5.16 Å². The third-order valence-electron chi connectivity index (χ3n) is 1.14. The maximum atomic E-state index is 4.57. The van der Waals surface area contributed by atoms with Crippen LogP contribution in [0.1, 0.15) is 12.5 Å². The van der Waals surface area contributed by atoms with Crippen molar-refractivity contribution in [3.63, 3.8) is 0 Å². The van der Waals surface area contributed by atoms with Crippen molar-refractivity contribution >= 4 is 5.71 Å².